The monoisotopic (exact) mass is 326 g/mol. The van der Waals surface area contributed by atoms with Crippen LogP contribution in [0.1, 0.15) is 11.4 Å². The minimum atomic E-state index is -4.40. The Balaban J connectivity index is 0.00000176. The molecule has 3 aromatic rings. The van der Waals surface area contributed by atoms with Crippen molar-refractivity contribution >= 4 is 11.0 Å². The molecule has 0 N–H and O–H groups in total. The fraction of sp³-hybridized carbons (Fsp3) is 0.188. The van der Waals surface area contributed by atoms with Gasteiger partial charge in [0.2, 0.25) is 0 Å². The van der Waals surface area contributed by atoms with Gasteiger partial charge < -0.3 is 12.4 Å². The maximum atomic E-state index is 13.4. The number of rotatable bonds is 2. The molecule has 0 atom stereocenters. The van der Waals surface area contributed by atoms with Crippen LogP contribution in [0.15, 0.2) is 54.6 Å². The molecule has 3 rings (SSSR count). The van der Waals surface area contributed by atoms with E-state index < -0.39 is 12.0 Å². The lowest BCUT2D eigenvalue weighted by molar-refractivity contribution is -0.667. The molecule has 0 aliphatic heterocycles. The molecule has 0 aliphatic carbocycles. The van der Waals surface area contributed by atoms with Crippen molar-refractivity contribution < 1.29 is 30.1 Å². The van der Waals surface area contributed by atoms with Crippen LogP contribution in [0.3, 0.4) is 0 Å². The Bertz CT molecular complexity index is 779. The number of aromatic nitrogens is 2. The molecule has 0 fully saturated rings. The fourth-order valence-electron chi connectivity index (χ4n) is 2.65. The minimum Gasteiger partial charge on any atom is -1.00 e. The summed E-state index contributed by atoms with van der Waals surface area (Å²) >= 11 is 0. The van der Waals surface area contributed by atoms with E-state index >= 15 is 0 Å². The lowest BCUT2D eigenvalue weighted by Gasteiger charge is -2.06. The summed E-state index contributed by atoms with van der Waals surface area (Å²) in [5, 5.41) is 0. The number of alkyl halides is 3. The van der Waals surface area contributed by atoms with Gasteiger partial charge in [-0.25, -0.2) is 9.13 Å². The third-order valence-corrected chi connectivity index (χ3v) is 3.54. The molecule has 0 radical (unpaired) electrons. The summed E-state index contributed by atoms with van der Waals surface area (Å²) in [6.07, 6.45) is -4.40. The summed E-state index contributed by atoms with van der Waals surface area (Å²) in [6, 6.07) is 16.1. The summed E-state index contributed by atoms with van der Waals surface area (Å²) < 4.78 is 42.8. The average molecular weight is 327 g/mol. The second-order valence-electron chi connectivity index (χ2n) is 4.94. The molecule has 0 unspecified atom stereocenters. The van der Waals surface area contributed by atoms with E-state index in [1.54, 1.807) is 24.3 Å². The zero-order chi connectivity index (χ0) is 15.0. The highest BCUT2D eigenvalue weighted by molar-refractivity contribution is 5.72. The van der Waals surface area contributed by atoms with E-state index in [0.717, 1.165) is 5.56 Å². The lowest BCUT2D eigenvalue weighted by Crippen LogP contribution is -3.00. The van der Waals surface area contributed by atoms with Crippen LogP contribution in [0.4, 0.5) is 13.2 Å². The predicted molar refractivity (Wildman–Crippen MR) is 73.7 cm³/mol. The first-order valence-corrected chi connectivity index (χ1v) is 6.57. The summed E-state index contributed by atoms with van der Waals surface area (Å²) in [7, 11) is 1.45. The average Bonchev–Trinajstić information content (AvgIpc) is 2.73. The van der Waals surface area contributed by atoms with E-state index in [2.05, 4.69) is 0 Å². The first-order valence-electron chi connectivity index (χ1n) is 6.57. The van der Waals surface area contributed by atoms with Gasteiger partial charge in [0.1, 0.15) is 6.54 Å². The largest absolute Gasteiger partial charge is 1.00 e. The van der Waals surface area contributed by atoms with Crippen LogP contribution >= 0.6 is 0 Å². The Labute approximate surface area is 132 Å². The van der Waals surface area contributed by atoms with Gasteiger partial charge in [0.05, 0.1) is 7.05 Å². The summed E-state index contributed by atoms with van der Waals surface area (Å²) in [5.41, 5.74) is 1.99. The molecule has 0 aliphatic rings. The van der Waals surface area contributed by atoms with Crippen LogP contribution < -0.4 is 17.0 Å². The van der Waals surface area contributed by atoms with Gasteiger partial charge in [0.15, 0.2) is 11.0 Å². The molecule has 1 heterocycles. The van der Waals surface area contributed by atoms with Crippen LogP contribution in [0.5, 0.6) is 0 Å². The van der Waals surface area contributed by atoms with Crippen molar-refractivity contribution in [1.29, 1.82) is 0 Å². The topological polar surface area (TPSA) is 8.81 Å². The molecule has 0 saturated carbocycles. The highest BCUT2D eigenvalue weighted by atomic mass is 35.5. The number of benzene rings is 2. The molecule has 116 valence electrons. The van der Waals surface area contributed by atoms with Crippen molar-refractivity contribution in [2.45, 2.75) is 12.7 Å². The number of fused-ring (bicyclic) bond motifs is 1. The molecule has 22 heavy (non-hydrogen) atoms. The highest BCUT2D eigenvalue weighted by Crippen LogP contribution is 2.30. The summed E-state index contributed by atoms with van der Waals surface area (Å²) in [4.78, 5) is 0. The molecule has 0 saturated heterocycles. The number of imidazole rings is 1. The highest BCUT2D eigenvalue weighted by Gasteiger charge is 2.46. The third-order valence-electron chi connectivity index (χ3n) is 3.54. The quantitative estimate of drug-likeness (QED) is 0.608. The first-order chi connectivity index (χ1) is 9.98. The van der Waals surface area contributed by atoms with Crippen LogP contribution in [0, 0.1) is 0 Å². The zero-order valence-electron chi connectivity index (χ0n) is 11.8. The van der Waals surface area contributed by atoms with Gasteiger partial charge in [-0.3, -0.25) is 0 Å². The van der Waals surface area contributed by atoms with Gasteiger partial charge >= 0.3 is 12.0 Å². The molecule has 1 aromatic heterocycles. The van der Waals surface area contributed by atoms with E-state index in [1.165, 1.54) is 16.2 Å². The summed E-state index contributed by atoms with van der Waals surface area (Å²) in [6.45, 7) is 0.192. The van der Waals surface area contributed by atoms with E-state index in [-0.39, 0.29) is 19.0 Å². The van der Waals surface area contributed by atoms with Crippen LogP contribution in [0.25, 0.3) is 11.0 Å². The van der Waals surface area contributed by atoms with Crippen molar-refractivity contribution in [2.24, 2.45) is 7.05 Å². The Morgan fingerprint density at radius 2 is 1.55 bits per heavy atom. The maximum Gasteiger partial charge on any atom is 0.495 e. The Morgan fingerprint density at radius 3 is 2.18 bits per heavy atom. The number of hydrogen-bond acceptors (Lipinski definition) is 0. The standard InChI is InChI=1S/C16H14F3N2.ClH/c1-20-13-9-5-6-10-14(13)21(15(20)16(17,18)19)11-12-7-3-2-4-8-12;/h2-10H,11H2,1H3;1H/q+1;/p-1. The van der Waals surface area contributed by atoms with Gasteiger partial charge in [-0.1, -0.05) is 42.5 Å². The van der Waals surface area contributed by atoms with Gasteiger partial charge in [-0.2, -0.15) is 13.2 Å². The fourth-order valence-corrected chi connectivity index (χ4v) is 2.65. The van der Waals surface area contributed by atoms with E-state index in [0.29, 0.717) is 11.0 Å². The van der Waals surface area contributed by atoms with Gasteiger partial charge in [0.25, 0.3) is 0 Å². The lowest BCUT2D eigenvalue weighted by atomic mass is 10.2. The molecule has 0 spiro atoms. The number of aryl methyl sites for hydroxylation is 1. The SMILES string of the molecule is C[n+]1c(C(F)(F)F)n(Cc2ccccc2)c2ccccc21.[Cl-]. The second-order valence-corrected chi connectivity index (χ2v) is 4.94. The van der Waals surface area contributed by atoms with Crippen LogP contribution in [-0.4, -0.2) is 4.57 Å². The van der Waals surface area contributed by atoms with Gasteiger partial charge in [-0.15, -0.1) is 0 Å². The molecule has 0 amide bonds. The molecule has 6 heteroatoms. The van der Waals surface area contributed by atoms with Crippen molar-refractivity contribution in [3.05, 3.63) is 66.0 Å². The van der Waals surface area contributed by atoms with Crippen LogP contribution in [-0.2, 0) is 19.8 Å². The Kier molecular flexibility index (Phi) is 4.47. The van der Waals surface area contributed by atoms with E-state index in [4.69, 9.17) is 0 Å². The summed E-state index contributed by atoms with van der Waals surface area (Å²) in [5.74, 6) is -0.646. The van der Waals surface area contributed by atoms with Gasteiger partial charge in [0, 0.05) is 0 Å². The molecular weight excluding hydrogens is 313 g/mol. The maximum absolute atomic E-state index is 13.4. The smallest absolute Gasteiger partial charge is 0.495 e. The zero-order valence-corrected chi connectivity index (χ0v) is 12.6. The number of hydrogen-bond donors (Lipinski definition) is 0. The minimum absolute atomic E-state index is 0. The normalized spacial score (nSPS) is 11.5. The van der Waals surface area contributed by atoms with Crippen LogP contribution in [0.2, 0.25) is 0 Å². The number of para-hydroxylation sites is 2. The number of nitrogens with zero attached hydrogens (tertiary/aromatic N) is 2. The van der Waals surface area contributed by atoms with E-state index in [9.17, 15) is 13.2 Å². The van der Waals surface area contributed by atoms with Gasteiger partial charge in [-0.05, 0) is 17.7 Å². The van der Waals surface area contributed by atoms with Crippen molar-refractivity contribution in [3.63, 3.8) is 0 Å². The molecular formula is C16H14ClF3N2. The Morgan fingerprint density at radius 1 is 0.955 bits per heavy atom. The van der Waals surface area contributed by atoms with E-state index in [1.807, 2.05) is 30.3 Å². The van der Waals surface area contributed by atoms with Crippen molar-refractivity contribution in [3.8, 4) is 0 Å². The predicted octanol–water partition coefficient (Wildman–Crippen LogP) is 0.537. The molecule has 2 nitrogen and oxygen atoms in total. The Hall–Kier alpha value is -2.01. The molecule has 2 aromatic carbocycles. The number of halogens is 4. The first kappa shape index (κ1) is 16.4. The second kappa shape index (κ2) is 6.01. The third kappa shape index (κ3) is 2.81. The van der Waals surface area contributed by atoms with Crippen molar-refractivity contribution in [2.75, 3.05) is 0 Å². The molecule has 0 bridgehead atoms. The van der Waals surface area contributed by atoms with Crippen molar-refractivity contribution in [1.82, 2.24) is 4.57 Å².